The van der Waals surface area contributed by atoms with Crippen LogP contribution in [0.3, 0.4) is 0 Å². The largest absolute Gasteiger partial charge is 0.493 e. The minimum absolute atomic E-state index is 0.0344. The molecule has 3 rings (SSSR count). The van der Waals surface area contributed by atoms with E-state index < -0.39 is 0 Å². The van der Waals surface area contributed by atoms with E-state index in [1.54, 1.807) is 7.11 Å². The molecular formula is C16H24N2O2. The normalized spacial score (nSPS) is 26.8. The van der Waals surface area contributed by atoms with Crippen molar-refractivity contribution in [3.05, 3.63) is 23.3 Å². The van der Waals surface area contributed by atoms with Crippen molar-refractivity contribution >= 4 is 0 Å². The highest BCUT2D eigenvalue weighted by Crippen LogP contribution is 2.43. The van der Waals surface area contributed by atoms with Crippen molar-refractivity contribution in [3.8, 4) is 11.5 Å². The second kappa shape index (κ2) is 5.62. The maximum atomic E-state index is 6.36. The second-order valence-corrected chi connectivity index (χ2v) is 5.90. The molecular weight excluding hydrogens is 252 g/mol. The summed E-state index contributed by atoms with van der Waals surface area (Å²) < 4.78 is 11.3. The number of methoxy groups -OCH3 is 1. The molecule has 0 bridgehead atoms. The van der Waals surface area contributed by atoms with Crippen LogP contribution in [0.5, 0.6) is 11.5 Å². The van der Waals surface area contributed by atoms with Crippen molar-refractivity contribution in [1.82, 2.24) is 4.90 Å². The van der Waals surface area contributed by atoms with Gasteiger partial charge in [-0.15, -0.1) is 0 Å². The number of hydrogen-bond acceptors (Lipinski definition) is 4. The van der Waals surface area contributed by atoms with Gasteiger partial charge in [0.25, 0.3) is 0 Å². The molecule has 20 heavy (non-hydrogen) atoms. The van der Waals surface area contributed by atoms with E-state index in [2.05, 4.69) is 17.9 Å². The molecule has 1 fully saturated rings. The van der Waals surface area contributed by atoms with Crippen molar-refractivity contribution in [2.24, 2.45) is 5.73 Å². The van der Waals surface area contributed by atoms with Gasteiger partial charge in [0.1, 0.15) is 6.61 Å². The minimum Gasteiger partial charge on any atom is -0.493 e. The Morgan fingerprint density at radius 3 is 2.70 bits per heavy atom. The first-order valence-electron chi connectivity index (χ1n) is 7.51. The van der Waals surface area contributed by atoms with E-state index in [0.29, 0.717) is 6.61 Å². The number of hydrogen-bond donors (Lipinski definition) is 1. The van der Waals surface area contributed by atoms with Gasteiger partial charge in [0.15, 0.2) is 11.5 Å². The zero-order valence-electron chi connectivity index (χ0n) is 12.4. The smallest absolute Gasteiger partial charge is 0.166 e. The Labute approximate surface area is 120 Å². The predicted molar refractivity (Wildman–Crippen MR) is 79.4 cm³/mol. The quantitative estimate of drug-likeness (QED) is 0.900. The molecule has 4 nitrogen and oxygen atoms in total. The van der Waals surface area contributed by atoms with Crippen molar-refractivity contribution in [2.45, 2.75) is 38.3 Å². The molecule has 2 heterocycles. The summed E-state index contributed by atoms with van der Waals surface area (Å²) in [7, 11) is 1.70. The van der Waals surface area contributed by atoms with E-state index in [4.69, 9.17) is 15.2 Å². The van der Waals surface area contributed by atoms with Crippen LogP contribution in [0.15, 0.2) is 12.1 Å². The highest BCUT2D eigenvalue weighted by Gasteiger charge is 2.35. The second-order valence-electron chi connectivity index (χ2n) is 5.90. The Kier molecular flexibility index (Phi) is 3.85. The van der Waals surface area contributed by atoms with Crippen LogP contribution < -0.4 is 15.2 Å². The van der Waals surface area contributed by atoms with E-state index in [0.717, 1.165) is 24.6 Å². The molecule has 0 spiro atoms. The summed E-state index contributed by atoms with van der Waals surface area (Å²) in [6, 6.07) is 4.53. The maximum absolute atomic E-state index is 6.36. The third kappa shape index (κ3) is 2.38. The average molecular weight is 276 g/mol. The number of aryl methyl sites for hydroxylation is 1. The minimum atomic E-state index is 0.0344. The van der Waals surface area contributed by atoms with Crippen LogP contribution in [-0.2, 0) is 0 Å². The highest BCUT2D eigenvalue weighted by atomic mass is 16.5. The highest BCUT2D eigenvalue weighted by molar-refractivity contribution is 5.52. The summed E-state index contributed by atoms with van der Waals surface area (Å²) in [5, 5.41) is 0. The topological polar surface area (TPSA) is 47.7 Å². The molecule has 2 unspecified atom stereocenters. The van der Waals surface area contributed by atoms with Gasteiger partial charge in [0.05, 0.1) is 19.2 Å². The van der Waals surface area contributed by atoms with Crippen LogP contribution in [0.4, 0.5) is 0 Å². The molecule has 2 aliphatic rings. The maximum Gasteiger partial charge on any atom is 0.166 e. The van der Waals surface area contributed by atoms with Crippen LogP contribution in [0.25, 0.3) is 0 Å². The molecule has 0 radical (unpaired) electrons. The van der Waals surface area contributed by atoms with Crippen LogP contribution in [0.2, 0.25) is 0 Å². The van der Waals surface area contributed by atoms with Crippen LogP contribution in [-0.4, -0.2) is 37.7 Å². The summed E-state index contributed by atoms with van der Waals surface area (Å²) in [5.74, 6) is 1.71. The average Bonchev–Trinajstić information content (AvgIpc) is 2.47. The Morgan fingerprint density at radius 2 is 2.00 bits per heavy atom. The molecule has 0 aromatic heterocycles. The Morgan fingerprint density at radius 1 is 1.25 bits per heavy atom. The lowest BCUT2D eigenvalue weighted by molar-refractivity contribution is 0.0987. The fourth-order valence-corrected chi connectivity index (χ4v) is 3.46. The molecule has 1 aromatic rings. The zero-order chi connectivity index (χ0) is 14.1. The van der Waals surface area contributed by atoms with Gasteiger partial charge in [0.2, 0.25) is 0 Å². The molecule has 1 saturated heterocycles. The first-order chi connectivity index (χ1) is 9.70. The third-order valence-corrected chi connectivity index (χ3v) is 4.38. The third-order valence-electron chi connectivity index (χ3n) is 4.38. The lowest BCUT2D eigenvalue weighted by Crippen LogP contribution is -2.48. The van der Waals surface area contributed by atoms with Gasteiger partial charge in [-0.05, 0) is 44.5 Å². The molecule has 2 atom stereocenters. The Hall–Kier alpha value is -1.26. The summed E-state index contributed by atoms with van der Waals surface area (Å²) in [4.78, 5) is 2.52. The van der Waals surface area contributed by atoms with Gasteiger partial charge in [0, 0.05) is 5.56 Å². The van der Waals surface area contributed by atoms with E-state index in [1.807, 2.05) is 6.07 Å². The number of nitrogens with zero attached hydrogens (tertiary/aromatic N) is 1. The summed E-state index contributed by atoms with van der Waals surface area (Å²) in [6.45, 7) is 4.92. The zero-order valence-corrected chi connectivity index (χ0v) is 12.4. The number of benzene rings is 1. The number of rotatable bonds is 2. The lowest BCUT2D eigenvalue weighted by Gasteiger charge is -2.41. The van der Waals surface area contributed by atoms with Gasteiger partial charge in [-0.25, -0.2) is 0 Å². The number of fused-ring (bicyclic) bond motifs is 1. The van der Waals surface area contributed by atoms with Gasteiger partial charge in [-0.1, -0.05) is 12.5 Å². The van der Waals surface area contributed by atoms with E-state index in [-0.39, 0.29) is 12.1 Å². The van der Waals surface area contributed by atoms with Crippen molar-refractivity contribution in [2.75, 3.05) is 26.8 Å². The SMILES string of the molecule is COc1cc(C)cc2c1OCC(N)C2N1CCCCC1. The molecule has 0 amide bonds. The monoisotopic (exact) mass is 276 g/mol. The van der Waals surface area contributed by atoms with Gasteiger partial charge < -0.3 is 15.2 Å². The van der Waals surface area contributed by atoms with E-state index >= 15 is 0 Å². The number of nitrogens with two attached hydrogens (primary N) is 1. The lowest BCUT2D eigenvalue weighted by atomic mass is 9.92. The summed E-state index contributed by atoms with van der Waals surface area (Å²) in [5.41, 5.74) is 8.75. The molecule has 2 aliphatic heterocycles. The van der Waals surface area contributed by atoms with Crippen LogP contribution >= 0.6 is 0 Å². The van der Waals surface area contributed by atoms with E-state index in [9.17, 15) is 0 Å². The van der Waals surface area contributed by atoms with Crippen LogP contribution in [0.1, 0.15) is 36.4 Å². The fraction of sp³-hybridized carbons (Fsp3) is 0.625. The van der Waals surface area contributed by atoms with Gasteiger partial charge in [-0.2, -0.15) is 0 Å². The molecule has 110 valence electrons. The predicted octanol–water partition coefficient (Wildman–Crippen LogP) is 2.25. The van der Waals surface area contributed by atoms with E-state index in [1.165, 1.54) is 30.4 Å². The number of likely N-dealkylation sites (tertiary alicyclic amines) is 1. The fourth-order valence-electron chi connectivity index (χ4n) is 3.46. The van der Waals surface area contributed by atoms with Crippen molar-refractivity contribution in [1.29, 1.82) is 0 Å². The number of ether oxygens (including phenoxy) is 2. The first-order valence-corrected chi connectivity index (χ1v) is 7.51. The standard InChI is InChI=1S/C16H24N2O2/c1-11-8-12-15(18-6-4-3-5-7-18)13(17)10-20-16(12)14(9-11)19-2/h8-9,13,15H,3-7,10,17H2,1-2H3. The number of piperidine rings is 1. The van der Waals surface area contributed by atoms with Crippen molar-refractivity contribution in [3.63, 3.8) is 0 Å². The molecule has 0 aliphatic carbocycles. The van der Waals surface area contributed by atoms with Crippen LogP contribution in [0, 0.1) is 6.92 Å². The van der Waals surface area contributed by atoms with Crippen molar-refractivity contribution < 1.29 is 9.47 Å². The first kappa shape index (κ1) is 13.7. The molecule has 4 heteroatoms. The summed E-state index contributed by atoms with van der Waals surface area (Å²) in [6.07, 6.45) is 3.86. The Balaban J connectivity index is 2.01. The Bertz CT molecular complexity index is 484. The molecule has 2 N–H and O–H groups in total. The van der Waals surface area contributed by atoms with Gasteiger partial charge >= 0.3 is 0 Å². The summed E-state index contributed by atoms with van der Waals surface area (Å²) >= 11 is 0. The molecule has 1 aromatic carbocycles. The van der Waals surface area contributed by atoms with Gasteiger partial charge in [-0.3, -0.25) is 4.90 Å². The molecule has 0 saturated carbocycles.